The maximum atomic E-state index is 13.6. The van der Waals surface area contributed by atoms with E-state index in [-0.39, 0.29) is 23.0 Å². The van der Waals surface area contributed by atoms with Crippen LogP contribution in [0.2, 0.25) is 0 Å². The molecule has 0 radical (unpaired) electrons. The summed E-state index contributed by atoms with van der Waals surface area (Å²) in [7, 11) is 1.50. The maximum absolute atomic E-state index is 13.6. The number of benzene rings is 2. The highest BCUT2D eigenvalue weighted by Crippen LogP contribution is 2.39. The SMILES string of the molecule is COc1cc(C=Nn2c(C3CCCCC3)nc3ccc(Br)cc3c2=O)cc(Br)c1Oc1ccc([N+](=O)[O-])cn1. The van der Waals surface area contributed by atoms with Gasteiger partial charge in [0.1, 0.15) is 12.0 Å². The number of hydrogen-bond acceptors (Lipinski definition) is 8. The van der Waals surface area contributed by atoms with Crippen LogP contribution in [0.15, 0.2) is 67.5 Å². The van der Waals surface area contributed by atoms with Gasteiger partial charge in [0.15, 0.2) is 11.5 Å². The molecule has 0 unspecified atom stereocenters. The Balaban J connectivity index is 1.51. The lowest BCUT2D eigenvalue weighted by molar-refractivity contribution is -0.385. The number of ether oxygens (including phenoxy) is 2. The van der Waals surface area contributed by atoms with Crippen LogP contribution in [-0.2, 0) is 0 Å². The normalized spacial score (nSPS) is 14.1. The molecule has 0 spiro atoms. The first-order valence-corrected chi connectivity index (χ1v) is 13.8. The number of methoxy groups -OCH3 is 1. The molecule has 2 heterocycles. The van der Waals surface area contributed by atoms with Crippen molar-refractivity contribution in [3.8, 4) is 17.4 Å². The van der Waals surface area contributed by atoms with Crippen molar-refractivity contribution in [2.75, 3.05) is 7.11 Å². The van der Waals surface area contributed by atoms with Gasteiger partial charge >= 0.3 is 0 Å². The van der Waals surface area contributed by atoms with Crippen molar-refractivity contribution in [3.05, 3.63) is 89.5 Å². The fourth-order valence-corrected chi connectivity index (χ4v) is 5.49. The van der Waals surface area contributed by atoms with Gasteiger partial charge < -0.3 is 9.47 Å². The Bertz CT molecular complexity index is 1630. The van der Waals surface area contributed by atoms with E-state index in [9.17, 15) is 14.9 Å². The molecular weight excluding hydrogens is 634 g/mol. The van der Waals surface area contributed by atoms with Gasteiger partial charge in [0.25, 0.3) is 11.2 Å². The lowest BCUT2D eigenvalue weighted by atomic mass is 9.88. The highest BCUT2D eigenvalue weighted by atomic mass is 79.9. The third-order valence-electron chi connectivity index (χ3n) is 6.52. The molecule has 2 aromatic carbocycles. The highest BCUT2D eigenvalue weighted by Gasteiger charge is 2.23. The molecule has 1 saturated carbocycles. The van der Waals surface area contributed by atoms with Gasteiger partial charge in [-0.3, -0.25) is 14.9 Å². The molecule has 39 heavy (non-hydrogen) atoms. The third kappa shape index (κ3) is 5.86. The van der Waals surface area contributed by atoms with Gasteiger partial charge in [0.05, 0.1) is 33.6 Å². The van der Waals surface area contributed by atoms with Crippen LogP contribution in [0.4, 0.5) is 5.69 Å². The van der Waals surface area contributed by atoms with Crippen molar-refractivity contribution in [3.63, 3.8) is 0 Å². The van der Waals surface area contributed by atoms with Gasteiger partial charge in [-0.05, 0) is 64.7 Å². The van der Waals surface area contributed by atoms with Crippen molar-refractivity contribution >= 4 is 54.7 Å². The topological polar surface area (TPSA) is 122 Å². The predicted molar refractivity (Wildman–Crippen MR) is 154 cm³/mol. The predicted octanol–water partition coefficient (Wildman–Crippen LogP) is 6.96. The molecule has 0 saturated heterocycles. The van der Waals surface area contributed by atoms with Crippen LogP contribution >= 0.6 is 31.9 Å². The summed E-state index contributed by atoms with van der Waals surface area (Å²) in [5.41, 5.74) is 0.936. The van der Waals surface area contributed by atoms with Gasteiger partial charge in [-0.2, -0.15) is 9.78 Å². The van der Waals surface area contributed by atoms with Crippen molar-refractivity contribution in [2.24, 2.45) is 5.10 Å². The van der Waals surface area contributed by atoms with E-state index >= 15 is 0 Å². The van der Waals surface area contributed by atoms with Gasteiger partial charge in [-0.25, -0.2) is 9.97 Å². The van der Waals surface area contributed by atoms with Crippen LogP contribution in [0.5, 0.6) is 17.4 Å². The molecular formula is C27H23Br2N5O5. The van der Waals surface area contributed by atoms with Crippen LogP contribution in [0.3, 0.4) is 0 Å². The van der Waals surface area contributed by atoms with E-state index in [2.05, 4.69) is 41.9 Å². The molecule has 0 bridgehead atoms. The van der Waals surface area contributed by atoms with E-state index in [1.54, 1.807) is 24.4 Å². The largest absolute Gasteiger partial charge is 0.493 e. The number of aromatic nitrogens is 3. The molecule has 4 aromatic rings. The van der Waals surface area contributed by atoms with Gasteiger partial charge in [-0.1, -0.05) is 35.2 Å². The maximum Gasteiger partial charge on any atom is 0.287 e. The minimum Gasteiger partial charge on any atom is -0.493 e. The van der Waals surface area contributed by atoms with Crippen molar-refractivity contribution in [1.29, 1.82) is 0 Å². The zero-order valence-electron chi connectivity index (χ0n) is 20.8. The summed E-state index contributed by atoms with van der Waals surface area (Å²) in [5, 5.41) is 16.0. The van der Waals surface area contributed by atoms with Crippen LogP contribution in [0.1, 0.15) is 49.4 Å². The van der Waals surface area contributed by atoms with Crippen LogP contribution in [0, 0.1) is 10.1 Å². The lowest BCUT2D eigenvalue weighted by Gasteiger charge is -2.22. The van der Waals surface area contributed by atoms with Crippen molar-refractivity contribution in [2.45, 2.75) is 38.0 Å². The average molecular weight is 657 g/mol. The smallest absolute Gasteiger partial charge is 0.287 e. The monoisotopic (exact) mass is 655 g/mol. The molecule has 1 fully saturated rings. The van der Waals surface area contributed by atoms with Crippen LogP contribution in [0.25, 0.3) is 10.9 Å². The second-order valence-electron chi connectivity index (χ2n) is 9.08. The van der Waals surface area contributed by atoms with Crippen LogP contribution in [-0.4, -0.2) is 32.9 Å². The standard InChI is InChI=1S/C27H23Br2N5O5/c1-38-23-12-16(11-21(29)25(23)39-24-10-8-19(15-30-24)34(36)37)14-31-33-26(17-5-3-2-4-6-17)32-22-9-7-18(28)13-20(22)27(33)35/h7-15,17H,2-6H2,1H3. The summed E-state index contributed by atoms with van der Waals surface area (Å²) in [6, 6.07) is 11.7. The highest BCUT2D eigenvalue weighted by molar-refractivity contribution is 9.10. The fraction of sp³-hybridized carbons (Fsp3) is 0.259. The minimum atomic E-state index is -0.531. The number of halogens is 2. The Kier molecular flexibility index (Phi) is 8.03. The van der Waals surface area contributed by atoms with E-state index in [0.717, 1.165) is 36.4 Å². The molecule has 12 heteroatoms. The zero-order chi connectivity index (χ0) is 27.5. The van der Waals surface area contributed by atoms with E-state index < -0.39 is 4.92 Å². The first-order chi connectivity index (χ1) is 18.8. The summed E-state index contributed by atoms with van der Waals surface area (Å²) in [4.78, 5) is 32.8. The van der Waals surface area contributed by atoms with E-state index in [4.69, 9.17) is 14.5 Å². The first-order valence-electron chi connectivity index (χ1n) is 12.3. The molecule has 0 aliphatic heterocycles. The third-order valence-corrected chi connectivity index (χ3v) is 7.60. The minimum absolute atomic E-state index is 0.140. The summed E-state index contributed by atoms with van der Waals surface area (Å²) in [6.45, 7) is 0. The number of rotatable bonds is 7. The molecule has 10 nitrogen and oxygen atoms in total. The number of hydrogen-bond donors (Lipinski definition) is 0. The summed E-state index contributed by atoms with van der Waals surface area (Å²) in [5.74, 6) is 1.71. The molecule has 5 rings (SSSR count). The van der Waals surface area contributed by atoms with Gasteiger partial charge in [0, 0.05) is 22.5 Å². The summed E-state index contributed by atoms with van der Waals surface area (Å²) < 4.78 is 14.1. The van der Waals surface area contributed by atoms with E-state index in [1.165, 1.54) is 30.3 Å². The number of nitrogens with zero attached hydrogens (tertiary/aromatic N) is 5. The van der Waals surface area contributed by atoms with Crippen molar-refractivity contribution in [1.82, 2.24) is 14.6 Å². The molecule has 0 amide bonds. The number of nitro groups is 1. The Morgan fingerprint density at radius 2 is 1.92 bits per heavy atom. The Labute approximate surface area is 240 Å². The van der Waals surface area contributed by atoms with Crippen molar-refractivity contribution < 1.29 is 14.4 Å². The summed E-state index contributed by atoms with van der Waals surface area (Å²) in [6.07, 6.45) is 8.00. The van der Waals surface area contributed by atoms with Gasteiger partial charge in [-0.15, -0.1) is 0 Å². The molecule has 1 aliphatic carbocycles. The van der Waals surface area contributed by atoms with Gasteiger partial charge in [0.2, 0.25) is 5.88 Å². The number of pyridine rings is 1. The Hall–Kier alpha value is -3.64. The average Bonchev–Trinajstić information content (AvgIpc) is 2.94. The Morgan fingerprint density at radius 3 is 2.62 bits per heavy atom. The lowest BCUT2D eigenvalue weighted by Crippen LogP contribution is -2.25. The van der Waals surface area contributed by atoms with E-state index in [0.29, 0.717) is 38.3 Å². The first kappa shape index (κ1) is 26.9. The molecule has 2 aromatic heterocycles. The quantitative estimate of drug-likeness (QED) is 0.120. The second kappa shape index (κ2) is 11.6. The molecule has 0 N–H and O–H groups in total. The van der Waals surface area contributed by atoms with E-state index in [1.807, 2.05) is 12.1 Å². The fourth-order valence-electron chi connectivity index (χ4n) is 4.59. The second-order valence-corrected chi connectivity index (χ2v) is 10.8. The Morgan fingerprint density at radius 1 is 1.13 bits per heavy atom. The molecule has 0 atom stereocenters. The molecule has 200 valence electrons. The van der Waals surface area contributed by atoms with Crippen LogP contribution < -0.4 is 15.0 Å². The number of fused-ring (bicyclic) bond motifs is 1. The summed E-state index contributed by atoms with van der Waals surface area (Å²) >= 11 is 6.95. The molecule has 1 aliphatic rings. The zero-order valence-corrected chi connectivity index (χ0v) is 24.0.